The van der Waals surface area contributed by atoms with Gasteiger partial charge in [-0.05, 0) is 230 Å². The molecule has 0 heterocycles. The first kappa shape index (κ1) is 113. The van der Waals surface area contributed by atoms with E-state index in [2.05, 4.69) is 298 Å². The maximum atomic E-state index is 11.0. The van der Waals surface area contributed by atoms with Gasteiger partial charge in [-0.25, -0.2) is 0 Å². The molecule has 0 saturated carbocycles. The van der Waals surface area contributed by atoms with Crippen LogP contribution in [0.4, 0.5) is 0 Å². The number of hydrogen-bond acceptors (Lipinski definition) is 1. The van der Waals surface area contributed by atoms with Crippen molar-refractivity contribution in [3.05, 3.63) is 115 Å². The molecule has 4 aromatic rings. The van der Waals surface area contributed by atoms with Crippen LogP contribution < -0.4 is 20.7 Å². The van der Waals surface area contributed by atoms with Gasteiger partial charge in [0.1, 0.15) is 0 Å². The van der Waals surface area contributed by atoms with Gasteiger partial charge in [-0.3, -0.25) is 0 Å². The minimum atomic E-state index is -2.59. The lowest BCUT2D eigenvalue weighted by molar-refractivity contribution is 0.404. The van der Waals surface area contributed by atoms with Crippen molar-refractivity contribution in [3.8, 4) is 0 Å². The van der Waals surface area contributed by atoms with Crippen LogP contribution >= 0.6 is 0 Å². The van der Waals surface area contributed by atoms with E-state index in [0.29, 0.717) is 0 Å². The minimum absolute atomic E-state index is 0.118. The molecule has 0 spiro atoms. The SMILES string of the molecule is CCCCCC(C)(C)c1ccc(C(C)(C)CCCCC)c(C(C)(C)CCCCC)c1[Si](O[Si](c1c(C(C)(C)CCCCC)ccc(C(C)(C)CCCCC)c1C(C)(C)CCCCC)c1c(C(C)(C)CCCCC)ccc(C(C)(C)CCCCC)c1C(C)(C)CCCCC)c1c(C(C)(C)CCCCC)ccc(C(C)(C)CCCCC)c1C(C)(C)CCCCC. The molecule has 0 saturated heterocycles. The second-order valence-electron chi connectivity index (χ2n) is 48.5. The summed E-state index contributed by atoms with van der Waals surface area (Å²) in [7, 11) is -5.17. The normalized spacial score (nSPS) is 13.6. The summed E-state index contributed by atoms with van der Waals surface area (Å²) < 4.78 is 11.0. The van der Waals surface area contributed by atoms with E-state index < -0.39 is 18.1 Å². The second-order valence-corrected chi connectivity index (χ2v) is 52.6. The quantitative estimate of drug-likeness (QED) is 0.0316. The Bertz CT molecular complexity index is 3180. The Labute approximate surface area is 775 Å². The fourth-order valence-corrected chi connectivity index (χ4v) is 31.0. The molecule has 4 aromatic carbocycles. The standard InChI is InChI=1S/C120H212OSi2/c1-37-49-61-81-109(13,14)93-73-77-97(113(21,22)85-65-53-41-5)105(101(93)117(29,30)89-69-57-45-9)122(106-98(114(23,24)86-66-54-42-6)78-74-94(110(15,16)82-62-50-38-2)102(106)118(31,32)90-70-58-46-10)121-123(107-99(115(25,26)87-67-55-43-7)79-75-95(111(17,18)83-63-51-39-3)103(107)119(33,34)91-71-59-47-11)108-100(116(27,28)88-68-56-44-8)80-76-96(112(19,20)84-64-52-40-4)104(108)120(35,36)92-72-60-48-12/h73-80H,37-72,81-92H2,1-36H3. The summed E-state index contributed by atoms with van der Waals surface area (Å²) in [5, 5.41) is 6.76. The molecule has 706 valence electrons. The van der Waals surface area contributed by atoms with E-state index in [1.807, 2.05) is 0 Å². The maximum absolute atomic E-state index is 11.0. The Morgan fingerprint density at radius 2 is 0.260 bits per heavy atom. The molecule has 123 heavy (non-hydrogen) atoms. The fraction of sp³-hybridized carbons (Fsp3) is 0.800. The highest BCUT2D eigenvalue weighted by atomic mass is 28.4. The van der Waals surface area contributed by atoms with Gasteiger partial charge >= 0.3 is 0 Å². The molecule has 1 nitrogen and oxygen atoms in total. The average molecular weight is 1730 g/mol. The van der Waals surface area contributed by atoms with Crippen molar-refractivity contribution in [1.82, 2.24) is 0 Å². The van der Waals surface area contributed by atoms with Crippen molar-refractivity contribution in [1.29, 1.82) is 0 Å². The lowest BCUT2D eigenvalue weighted by Gasteiger charge is -2.47. The highest BCUT2D eigenvalue weighted by Gasteiger charge is 2.52. The van der Waals surface area contributed by atoms with E-state index in [1.165, 1.54) is 257 Å². The van der Waals surface area contributed by atoms with Crippen molar-refractivity contribution in [2.45, 2.75) is 622 Å². The van der Waals surface area contributed by atoms with Gasteiger partial charge in [-0.15, -0.1) is 0 Å². The number of rotatable bonds is 66. The first-order valence-corrected chi connectivity index (χ1v) is 56.6. The van der Waals surface area contributed by atoms with Crippen LogP contribution in [0.5, 0.6) is 0 Å². The maximum Gasteiger partial charge on any atom is 0.273 e. The van der Waals surface area contributed by atoms with E-state index in [9.17, 15) is 4.12 Å². The largest absolute Gasteiger partial charge is 0.442 e. The van der Waals surface area contributed by atoms with Gasteiger partial charge in [0.15, 0.2) is 0 Å². The predicted molar refractivity (Wildman–Crippen MR) is 563 cm³/mol. The number of benzene rings is 4. The zero-order valence-electron chi connectivity index (χ0n) is 90.0. The van der Waals surface area contributed by atoms with Crippen molar-refractivity contribution >= 4 is 38.8 Å². The molecule has 0 bridgehead atoms. The molecule has 0 unspecified atom stereocenters. The Morgan fingerprint density at radius 3 is 0.382 bits per heavy atom. The van der Waals surface area contributed by atoms with E-state index in [0.717, 1.165) is 51.4 Å². The molecule has 0 N–H and O–H groups in total. The Morgan fingerprint density at radius 1 is 0.154 bits per heavy atom. The first-order chi connectivity index (χ1) is 57.6. The van der Waals surface area contributed by atoms with Gasteiger partial charge in [-0.2, -0.15) is 0 Å². The Hall–Kier alpha value is -2.73. The smallest absolute Gasteiger partial charge is 0.273 e. The summed E-state index contributed by atoms with van der Waals surface area (Å²) in [6.07, 6.45) is 58.2. The van der Waals surface area contributed by atoms with E-state index in [4.69, 9.17) is 0 Å². The van der Waals surface area contributed by atoms with Gasteiger partial charge < -0.3 is 4.12 Å². The zero-order valence-corrected chi connectivity index (χ0v) is 92.0. The summed E-state index contributed by atoms with van der Waals surface area (Å²) in [4.78, 5) is 0. The van der Waals surface area contributed by atoms with Crippen molar-refractivity contribution in [3.63, 3.8) is 0 Å². The highest BCUT2D eigenvalue weighted by Crippen LogP contribution is 2.50. The third kappa shape index (κ3) is 31.2. The third-order valence-electron chi connectivity index (χ3n) is 31.3. The molecule has 0 aromatic heterocycles. The monoisotopic (exact) mass is 1730 g/mol. The second kappa shape index (κ2) is 51.3. The molecule has 0 amide bonds. The van der Waals surface area contributed by atoms with Gasteiger partial charge in [0.25, 0.3) is 18.1 Å². The molecule has 0 atom stereocenters. The van der Waals surface area contributed by atoms with Crippen LogP contribution in [0.25, 0.3) is 0 Å². The lowest BCUT2D eigenvalue weighted by atomic mass is 9.67. The van der Waals surface area contributed by atoms with Gasteiger partial charge in [0, 0.05) is 0 Å². The van der Waals surface area contributed by atoms with Crippen LogP contribution in [0.1, 0.15) is 624 Å². The van der Waals surface area contributed by atoms with Crippen molar-refractivity contribution in [2.75, 3.05) is 0 Å². The number of hydrogen-bond donors (Lipinski definition) is 0. The Kier molecular flexibility index (Phi) is 47.0. The molecule has 2 radical (unpaired) electrons. The van der Waals surface area contributed by atoms with Crippen LogP contribution in [0, 0.1) is 0 Å². The topological polar surface area (TPSA) is 9.23 Å². The van der Waals surface area contributed by atoms with Crippen molar-refractivity contribution in [2.24, 2.45) is 0 Å². The molecule has 4 rings (SSSR count). The van der Waals surface area contributed by atoms with Crippen LogP contribution in [0.2, 0.25) is 0 Å². The molecular formula is C120H212OSi2. The van der Waals surface area contributed by atoms with Gasteiger partial charge in [0.2, 0.25) is 0 Å². The van der Waals surface area contributed by atoms with Crippen LogP contribution in [0.15, 0.2) is 48.5 Å². The fourth-order valence-electron chi connectivity index (χ4n) is 22.6. The van der Waals surface area contributed by atoms with Crippen molar-refractivity contribution < 1.29 is 4.12 Å². The lowest BCUT2D eigenvalue weighted by Crippen LogP contribution is -2.65. The van der Waals surface area contributed by atoms with E-state index in [1.54, 1.807) is 87.5 Å². The summed E-state index contributed by atoms with van der Waals surface area (Å²) in [6.45, 7) is 95.8. The molecule has 0 aliphatic heterocycles. The average Bonchev–Trinajstić information content (AvgIpc) is 0.703. The first-order valence-electron chi connectivity index (χ1n) is 53.8. The summed E-state index contributed by atoms with van der Waals surface area (Å²) >= 11 is 0. The molecule has 0 fully saturated rings. The van der Waals surface area contributed by atoms with Crippen LogP contribution in [-0.4, -0.2) is 18.1 Å². The molecule has 0 aliphatic carbocycles. The minimum Gasteiger partial charge on any atom is -0.442 e. The molecular weight excluding hydrogens is 1510 g/mol. The predicted octanol–water partition coefficient (Wildman–Crippen LogP) is 36.9. The number of unbranched alkanes of at least 4 members (excludes halogenated alkanes) is 24. The third-order valence-corrected chi connectivity index (χ3v) is 36.9. The van der Waals surface area contributed by atoms with Gasteiger partial charge in [0.05, 0.1) is 0 Å². The highest BCUT2D eigenvalue weighted by molar-refractivity contribution is 6.93. The molecule has 3 heteroatoms. The Balaban J connectivity index is 3.25. The summed E-state index contributed by atoms with van der Waals surface area (Å²) in [5.41, 5.74) is 17.7. The summed E-state index contributed by atoms with van der Waals surface area (Å²) in [5.74, 6) is 0. The molecule has 0 aliphatic rings. The summed E-state index contributed by atoms with van der Waals surface area (Å²) in [6, 6.07) is 22.8. The van der Waals surface area contributed by atoms with Crippen LogP contribution in [0.3, 0.4) is 0 Å². The van der Waals surface area contributed by atoms with E-state index in [-0.39, 0.29) is 65.0 Å². The zero-order chi connectivity index (χ0) is 92.7. The van der Waals surface area contributed by atoms with Crippen LogP contribution in [-0.2, 0) is 69.1 Å². The van der Waals surface area contributed by atoms with Gasteiger partial charge in [-0.1, -0.05) is 529 Å². The van der Waals surface area contributed by atoms with E-state index >= 15 is 0 Å².